The molecule has 0 spiro atoms. The van der Waals surface area contributed by atoms with Crippen LogP contribution in [-0.4, -0.2) is 5.78 Å². The Bertz CT molecular complexity index is 463. The van der Waals surface area contributed by atoms with E-state index in [1.165, 1.54) is 12.1 Å². The van der Waals surface area contributed by atoms with Crippen molar-refractivity contribution < 1.29 is 28.8 Å². The first-order valence-corrected chi connectivity index (χ1v) is 4.64. The summed E-state index contributed by atoms with van der Waals surface area (Å²) in [5.74, 6) is -0.143. The standard InChI is InChI=1S/C13H10O2.Li/c14-12-8-6-11(7-9-12)13(15)10-4-2-1-3-5-10;/h1-9,14H;/q;+1/p-1. The third kappa shape index (κ3) is 2.76. The minimum atomic E-state index is -0.0837. The Labute approximate surface area is 106 Å². The normalized spacial score (nSPS) is 9.25. The molecular formula is C13H9LiO2. The second-order valence-corrected chi connectivity index (χ2v) is 3.22. The molecule has 0 saturated heterocycles. The number of ketones is 1. The van der Waals surface area contributed by atoms with Gasteiger partial charge in [-0.2, -0.15) is 0 Å². The van der Waals surface area contributed by atoms with E-state index in [0.29, 0.717) is 11.1 Å². The molecule has 0 aliphatic carbocycles. The van der Waals surface area contributed by atoms with Gasteiger partial charge in [-0.05, 0) is 0 Å². The smallest absolute Gasteiger partial charge is 0.872 e. The predicted octanol–water partition coefficient (Wildman–Crippen LogP) is -1.00. The van der Waals surface area contributed by atoms with Crippen molar-refractivity contribution in [2.75, 3.05) is 0 Å². The molecule has 0 fully saturated rings. The van der Waals surface area contributed by atoms with E-state index >= 15 is 0 Å². The van der Waals surface area contributed by atoms with Gasteiger partial charge in [-0.25, -0.2) is 0 Å². The summed E-state index contributed by atoms with van der Waals surface area (Å²) < 4.78 is 0. The molecular weight excluding hydrogens is 195 g/mol. The van der Waals surface area contributed by atoms with E-state index in [4.69, 9.17) is 0 Å². The summed E-state index contributed by atoms with van der Waals surface area (Å²) in [6.45, 7) is 0. The molecule has 2 nitrogen and oxygen atoms in total. The van der Waals surface area contributed by atoms with Crippen LogP contribution in [0.1, 0.15) is 15.9 Å². The van der Waals surface area contributed by atoms with Crippen LogP contribution in [0, 0.1) is 0 Å². The van der Waals surface area contributed by atoms with Crippen molar-refractivity contribution in [2.24, 2.45) is 0 Å². The van der Waals surface area contributed by atoms with Gasteiger partial charge in [0.05, 0.1) is 0 Å². The van der Waals surface area contributed by atoms with Crippen LogP contribution in [0.5, 0.6) is 5.75 Å². The SMILES string of the molecule is O=C(c1ccccc1)c1ccc([O-])cc1.[Li+]. The molecule has 0 bridgehead atoms. The zero-order valence-electron chi connectivity index (χ0n) is 9.01. The molecule has 0 aliphatic heterocycles. The van der Waals surface area contributed by atoms with Crippen molar-refractivity contribution in [1.29, 1.82) is 0 Å². The van der Waals surface area contributed by atoms with Gasteiger partial charge in [0.1, 0.15) is 0 Å². The molecule has 16 heavy (non-hydrogen) atoms. The molecule has 0 amide bonds. The largest absolute Gasteiger partial charge is 1.00 e. The minimum Gasteiger partial charge on any atom is -0.872 e. The van der Waals surface area contributed by atoms with Gasteiger partial charge in [-0.1, -0.05) is 54.6 Å². The molecule has 0 N–H and O–H groups in total. The monoisotopic (exact) mass is 204 g/mol. The first-order chi connectivity index (χ1) is 7.27. The number of benzene rings is 2. The molecule has 3 heteroatoms. The Morgan fingerprint density at radius 1 is 0.812 bits per heavy atom. The summed E-state index contributed by atoms with van der Waals surface area (Å²) in [7, 11) is 0. The van der Waals surface area contributed by atoms with Gasteiger partial charge >= 0.3 is 18.9 Å². The van der Waals surface area contributed by atoms with Gasteiger partial charge in [0.2, 0.25) is 0 Å². The average Bonchev–Trinajstić information content (AvgIpc) is 2.30. The molecule has 0 aliphatic rings. The number of rotatable bonds is 2. The summed E-state index contributed by atoms with van der Waals surface area (Å²) in [4.78, 5) is 11.9. The fourth-order valence-corrected chi connectivity index (χ4v) is 1.36. The number of carbonyl (C=O) groups is 1. The summed E-state index contributed by atoms with van der Waals surface area (Å²) >= 11 is 0. The second kappa shape index (κ2) is 5.55. The Balaban J connectivity index is 0.00000128. The van der Waals surface area contributed by atoms with Crippen molar-refractivity contribution >= 4 is 5.78 Å². The maximum absolute atomic E-state index is 11.9. The van der Waals surface area contributed by atoms with Crippen LogP contribution in [0.15, 0.2) is 54.6 Å². The van der Waals surface area contributed by atoms with E-state index in [1.54, 1.807) is 24.3 Å². The second-order valence-electron chi connectivity index (χ2n) is 3.22. The van der Waals surface area contributed by atoms with E-state index < -0.39 is 0 Å². The molecule has 0 unspecified atom stereocenters. The van der Waals surface area contributed by atoms with Crippen LogP contribution in [0.4, 0.5) is 0 Å². The summed E-state index contributed by atoms with van der Waals surface area (Å²) in [6, 6.07) is 14.9. The minimum absolute atomic E-state index is 0. The number of hydrogen-bond donors (Lipinski definition) is 0. The fraction of sp³-hybridized carbons (Fsp3) is 0. The van der Waals surface area contributed by atoms with Crippen LogP contribution >= 0.6 is 0 Å². The Kier molecular flexibility index (Phi) is 4.36. The van der Waals surface area contributed by atoms with Gasteiger partial charge in [-0.3, -0.25) is 4.79 Å². The molecule has 0 aromatic heterocycles. The summed E-state index contributed by atoms with van der Waals surface area (Å²) in [5, 5.41) is 10.9. The zero-order chi connectivity index (χ0) is 10.7. The van der Waals surface area contributed by atoms with Crippen molar-refractivity contribution in [3.05, 3.63) is 65.7 Å². The fourth-order valence-electron chi connectivity index (χ4n) is 1.36. The van der Waals surface area contributed by atoms with Crippen LogP contribution < -0.4 is 24.0 Å². The first-order valence-electron chi connectivity index (χ1n) is 4.64. The predicted molar refractivity (Wildman–Crippen MR) is 55.8 cm³/mol. The Hall–Kier alpha value is -1.49. The van der Waals surface area contributed by atoms with Gasteiger partial charge in [0.15, 0.2) is 5.78 Å². The van der Waals surface area contributed by atoms with Crippen LogP contribution in [0.3, 0.4) is 0 Å². The van der Waals surface area contributed by atoms with Crippen molar-refractivity contribution in [2.45, 2.75) is 0 Å². The first kappa shape index (κ1) is 12.6. The molecule has 0 heterocycles. The van der Waals surface area contributed by atoms with Crippen molar-refractivity contribution in [3.8, 4) is 5.75 Å². The van der Waals surface area contributed by atoms with E-state index in [0.717, 1.165) is 0 Å². The summed E-state index contributed by atoms with van der Waals surface area (Å²) in [5.41, 5.74) is 1.18. The molecule has 0 radical (unpaired) electrons. The van der Waals surface area contributed by atoms with Gasteiger partial charge in [0.25, 0.3) is 0 Å². The molecule has 2 aromatic rings. The van der Waals surface area contributed by atoms with E-state index in [2.05, 4.69) is 0 Å². The Morgan fingerprint density at radius 3 is 1.88 bits per heavy atom. The van der Waals surface area contributed by atoms with E-state index in [1.807, 2.05) is 18.2 Å². The van der Waals surface area contributed by atoms with Gasteiger partial charge in [0, 0.05) is 11.1 Å². The third-order valence-corrected chi connectivity index (χ3v) is 2.15. The van der Waals surface area contributed by atoms with Crippen LogP contribution in [0.2, 0.25) is 0 Å². The molecule has 0 atom stereocenters. The Morgan fingerprint density at radius 2 is 1.31 bits per heavy atom. The van der Waals surface area contributed by atoms with Gasteiger partial charge in [-0.15, -0.1) is 5.75 Å². The number of hydrogen-bond acceptors (Lipinski definition) is 2. The maximum atomic E-state index is 11.9. The quantitative estimate of drug-likeness (QED) is 0.465. The topological polar surface area (TPSA) is 40.1 Å². The van der Waals surface area contributed by atoms with Crippen molar-refractivity contribution in [1.82, 2.24) is 0 Å². The van der Waals surface area contributed by atoms with Crippen LogP contribution in [-0.2, 0) is 0 Å². The van der Waals surface area contributed by atoms with E-state index in [9.17, 15) is 9.90 Å². The molecule has 74 valence electrons. The third-order valence-electron chi connectivity index (χ3n) is 2.15. The van der Waals surface area contributed by atoms with Crippen molar-refractivity contribution in [3.63, 3.8) is 0 Å². The van der Waals surface area contributed by atoms with Gasteiger partial charge < -0.3 is 5.11 Å². The molecule has 2 rings (SSSR count). The number of carbonyl (C=O) groups excluding carboxylic acids is 1. The van der Waals surface area contributed by atoms with E-state index in [-0.39, 0.29) is 30.4 Å². The molecule has 0 saturated carbocycles. The molecule has 2 aromatic carbocycles. The summed E-state index contributed by atoms with van der Waals surface area (Å²) in [6.07, 6.45) is 0. The maximum Gasteiger partial charge on any atom is 1.00 e. The average molecular weight is 204 g/mol. The zero-order valence-corrected chi connectivity index (χ0v) is 9.01. The van der Waals surface area contributed by atoms with Crippen LogP contribution in [0.25, 0.3) is 0 Å².